The number of allylic oxidation sites excluding steroid dienone is 1. The second-order valence-electron chi connectivity index (χ2n) is 9.70. The zero-order valence-electron chi connectivity index (χ0n) is 20.4. The minimum Gasteiger partial charge on any atom is -0.377 e. The number of hydrogen-bond acceptors (Lipinski definition) is 1. The summed E-state index contributed by atoms with van der Waals surface area (Å²) in [5, 5.41) is 0. The number of rotatable bonds is 10. The second kappa shape index (κ2) is 12.1. The first-order valence-electron chi connectivity index (χ1n) is 12.8. The molecular formula is C32H37FO. The predicted octanol–water partition coefficient (Wildman–Crippen LogP) is 9.01. The van der Waals surface area contributed by atoms with Crippen LogP contribution in [0.5, 0.6) is 0 Å². The second-order valence-corrected chi connectivity index (χ2v) is 9.70. The molecule has 178 valence electrons. The van der Waals surface area contributed by atoms with Gasteiger partial charge in [-0.25, -0.2) is 4.39 Å². The lowest BCUT2D eigenvalue weighted by Crippen LogP contribution is -2.13. The van der Waals surface area contributed by atoms with Gasteiger partial charge in [0.25, 0.3) is 0 Å². The molecule has 0 aromatic heterocycles. The van der Waals surface area contributed by atoms with E-state index < -0.39 is 0 Å². The Bertz CT molecular complexity index is 1040. The van der Waals surface area contributed by atoms with Crippen LogP contribution in [0.2, 0.25) is 0 Å². The van der Waals surface area contributed by atoms with Crippen molar-refractivity contribution in [2.24, 2.45) is 11.8 Å². The van der Waals surface area contributed by atoms with E-state index in [2.05, 4.69) is 43.8 Å². The predicted molar refractivity (Wildman–Crippen MR) is 141 cm³/mol. The first-order chi connectivity index (χ1) is 16.7. The Hall–Kier alpha value is -2.71. The Kier molecular flexibility index (Phi) is 8.71. The van der Waals surface area contributed by atoms with Crippen LogP contribution in [0.1, 0.15) is 56.6 Å². The summed E-state index contributed by atoms with van der Waals surface area (Å²) < 4.78 is 20.6. The maximum absolute atomic E-state index is 15.0. The molecule has 3 aromatic rings. The lowest BCUT2D eigenvalue weighted by atomic mass is 9.79. The van der Waals surface area contributed by atoms with Gasteiger partial charge < -0.3 is 4.74 Å². The van der Waals surface area contributed by atoms with Gasteiger partial charge in [-0.2, -0.15) is 0 Å². The molecule has 1 saturated carbocycles. The van der Waals surface area contributed by atoms with Gasteiger partial charge in [0.15, 0.2) is 0 Å². The van der Waals surface area contributed by atoms with Gasteiger partial charge >= 0.3 is 0 Å². The van der Waals surface area contributed by atoms with Crippen LogP contribution in [0.4, 0.5) is 4.39 Å². The van der Waals surface area contributed by atoms with Crippen molar-refractivity contribution in [1.29, 1.82) is 0 Å². The Morgan fingerprint density at radius 3 is 2.15 bits per heavy atom. The highest BCUT2D eigenvalue weighted by atomic mass is 19.1. The highest BCUT2D eigenvalue weighted by Gasteiger charge is 2.18. The van der Waals surface area contributed by atoms with Gasteiger partial charge in [-0.15, -0.1) is 6.58 Å². The molecule has 0 bridgehead atoms. The SMILES string of the molecule is C=C[C@H]1CC[C@H](CCc2ccc(-c3ccc(-c4ccc(COCCC)cc4)c(F)c3)cc2)CC1. The van der Waals surface area contributed by atoms with Gasteiger partial charge in [0.2, 0.25) is 0 Å². The van der Waals surface area contributed by atoms with Crippen molar-refractivity contribution < 1.29 is 9.13 Å². The quantitative estimate of drug-likeness (QED) is 0.218. The Morgan fingerprint density at radius 2 is 1.50 bits per heavy atom. The van der Waals surface area contributed by atoms with E-state index in [1.165, 1.54) is 37.7 Å². The van der Waals surface area contributed by atoms with Crippen LogP contribution in [-0.4, -0.2) is 6.61 Å². The summed E-state index contributed by atoms with van der Waals surface area (Å²) in [6.07, 6.45) is 10.8. The monoisotopic (exact) mass is 456 g/mol. The molecule has 0 radical (unpaired) electrons. The molecule has 2 heteroatoms. The van der Waals surface area contributed by atoms with Crippen LogP contribution in [0, 0.1) is 17.7 Å². The summed E-state index contributed by atoms with van der Waals surface area (Å²) in [5.41, 5.74) is 5.98. The minimum absolute atomic E-state index is 0.188. The maximum atomic E-state index is 15.0. The highest BCUT2D eigenvalue weighted by Crippen LogP contribution is 2.33. The van der Waals surface area contributed by atoms with Crippen molar-refractivity contribution in [1.82, 2.24) is 0 Å². The topological polar surface area (TPSA) is 9.23 Å². The minimum atomic E-state index is -0.188. The maximum Gasteiger partial charge on any atom is 0.131 e. The van der Waals surface area contributed by atoms with Crippen LogP contribution in [-0.2, 0) is 17.8 Å². The fraction of sp³-hybridized carbons (Fsp3) is 0.375. The van der Waals surface area contributed by atoms with Crippen LogP contribution < -0.4 is 0 Å². The summed E-state index contributed by atoms with van der Waals surface area (Å²) in [4.78, 5) is 0. The van der Waals surface area contributed by atoms with Crippen molar-refractivity contribution in [2.45, 2.75) is 58.5 Å². The third kappa shape index (κ3) is 6.45. The van der Waals surface area contributed by atoms with E-state index in [0.717, 1.165) is 53.5 Å². The van der Waals surface area contributed by atoms with Gasteiger partial charge in [0.1, 0.15) is 5.82 Å². The fourth-order valence-electron chi connectivity index (χ4n) is 4.99. The van der Waals surface area contributed by atoms with Crippen molar-refractivity contribution in [2.75, 3.05) is 6.61 Å². The van der Waals surface area contributed by atoms with Crippen LogP contribution >= 0.6 is 0 Å². The average Bonchev–Trinajstić information content (AvgIpc) is 2.89. The number of halogens is 1. The molecule has 0 unspecified atom stereocenters. The third-order valence-corrected chi connectivity index (χ3v) is 7.20. The largest absolute Gasteiger partial charge is 0.377 e. The fourth-order valence-corrected chi connectivity index (χ4v) is 4.99. The zero-order valence-corrected chi connectivity index (χ0v) is 20.4. The van der Waals surface area contributed by atoms with Gasteiger partial charge in [-0.1, -0.05) is 73.7 Å². The van der Waals surface area contributed by atoms with E-state index >= 15 is 0 Å². The lowest BCUT2D eigenvalue weighted by Gasteiger charge is -2.26. The number of aryl methyl sites for hydroxylation is 1. The molecule has 0 amide bonds. The number of ether oxygens (including phenoxy) is 1. The Morgan fingerprint density at radius 1 is 0.853 bits per heavy atom. The van der Waals surface area contributed by atoms with Gasteiger partial charge in [0.05, 0.1) is 6.61 Å². The lowest BCUT2D eigenvalue weighted by molar-refractivity contribution is 0.121. The van der Waals surface area contributed by atoms with E-state index in [-0.39, 0.29) is 5.82 Å². The van der Waals surface area contributed by atoms with Crippen LogP contribution in [0.25, 0.3) is 22.3 Å². The molecule has 1 aliphatic rings. The summed E-state index contributed by atoms with van der Waals surface area (Å²) in [7, 11) is 0. The summed E-state index contributed by atoms with van der Waals surface area (Å²) in [5.74, 6) is 1.38. The van der Waals surface area contributed by atoms with Gasteiger partial charge in [-0.05, 0) is 90.7 Å². The summed E-state index contributed by atoms with van der Waals surface area (Å²) in [6.45, 7) is 7.41. The van der Waals surface area contributed by atoms with Crippen molar-refractivity contribution in [3.63, 3.8) is 0 Å². The highest BCUT2D eigenvalue weighted by molar-refractivity contribution is 5.71. The molecular weight excluding hydrogens is 419 g/mol. The molecule has 0 heterocycles. The molecule has 0 atom stereocenters. The molecule has 0 spiro atoms. The molecule has 4 rings (SSSR count). The van der Waals surface area contributed by atoms with E-state index in [1.54, 1.807) is 6.07 Å². The van der Waals surface area contributed by atoms with E-state index in [9.17, 15) is 4.39 Å². The molecule has 34 heavy (non-hydrogen) atoms. The first kappa shape index (κ1) is 24.4. The molecule has 0 aliphatic heterocycles. The molecule has 1 fully saturated rings. The average molecular weight is 457 g/mol. The summed E-state index contributed by atoms with van der Waals surface area (Å²) >= 11 is 0. The standard InChI is InChI=1S/C32H37FO/c1-3-21-34-23-27-13-17-29(18-14-27)31-20-19-30(22-32(31)33)28-15-11-26(12-16-28)10-9-25-7-5-24(4-2)6-8-25/h4,11-20,22,24-25H,2-3,5-10,21,23H2,1H3/t24-,25-. The third-order valence-electron chi connectivity index (χ3n) is 7.20. The number of benzene rings is 3. The van der Waals surface area contributed by atoms with Gasteiger partial charge in [-0.3, -0.25) is 0 Å². The smallest absolute Gasteiger partial charge is 0.131 e. The van der Waals surface area contributed by atoms with Crippen molar-refractivity contribution in [3.8, 4) is 22.3 Å². The van der Waals surface area contributed by atoms with Crippen molar-refractivity contribution >= 4 is 0 Å². The van der Waals surface area contributed by atoms with Crippen LogP contribution in [0.15, 0.2) is 79.4 Å². The zero-order chi connectivity index (χ0) is 23.8. The first-order valence-corrected chi connectivity index (χ1v) is 12.8. The molecule has 3 aromatic carbocycles. The van der Waals surface area contributed by atoms with Crippen molar-refractivity contribution in [3.05, 3.63) is 96.3 Å². The number of hydrogen-bond donors (Lipinski definition) is 0. The Balaban J connectivity index is 1.35. The normalized spacial score (nSPS) is 18.1. The van der Waals surface area contributed by atoms with Gasteiger partial charge in [0, 0.05) is 12.2 Å². The van der Waals surface area contributed by atoms with E-state index in [4.69, 9.17) is 4.74 Å². The molecule has 0 saturated heterocycles. The van der Waals surface area contributed by atoms with E-state index in [1.807, 2.05) is 36.4 Å². The molecule has 1 aliphatic carbocycles. The summed E-state index contributed by atoms with van der Waals surface area (Å²) in [6, 6.07) is 22.2. The molecule has 1 nitrogen and oxygen atoms in total. The Labute approximate surface area is 204 Å². The molecule has 0 N–H and O–H groups in total. The van der Waals surface area contributed by atoms with Crippen LogP contribution in [0.3, 0.4) is 0 Å². The van der Waals surface area contributed by atoms with E-state index in [0.29, 0.717) is 12.2 Å².